The van der Waals surface area contributed by atoms with Crippen molar-refractivity contribution < 1.29 is 4.52 Å². The summed E-state index contributed by atoms with van der Waals surface area (Å²) < 4.78 is 7.65. The van der Waals surface area contributed by atoms with Crippen LogP contribution in [-0.2, 0) is 0 Å². The molecule has 0 saturated carbocycles. The van der Waals surface area contributed by atoms with Gasteiger partial charge in [-0.2, -0.15) is 10.1 Å². The maximum Gasteiger partial charge on any atom is 0.279 e. The van der Waals surface area contributed by atoms with Crippen LogP contribution in [0, 0.1) is 0 Å². The van der Waals surface area contributed by atoms with Gasteiger partial charge in [-0.1, -0.05) is 23.4 Å². The summed E-state index contributed by atoms with van der Waals surface area (Å²) in [6, 6.07) is 9.09. The molecule has 1 aromatic carbocycles. The van der Waals surface area contributed by atoms with Gasteiger partial charge >= 0.3 is 0 Å². The maximum absolute atomic E-state index is 5.63. The average molecular weight is 353 g/mol. The molecule has 1 fully saturated rings. The van der Waals surface area contributed by atoms with E-state index in [0.29, 0.717) is 17.9 Å². The molecule has 6 heteroatoms. The zero-order valence-electron chi connectivity index (χ0n) is 16.0. The molecule has 0 spiro atoms. The molecule has 1 aliphatic heterocycles. The summed E-state index contributed by atoms with van der Waals surface area (Å²) in [5, 5.41) is 10.1. The zero-order chi connectivity index (χ0) is 18.3. The van der Waals surface area contributed by atoms with Crippen LogP contribution in [0.5, 0.6) is 0 Å². The Hall–Kier alpha value is -2.21. The van der Waals surface area contributed by atoms with Crippen LogP contribution in [0.2, 0.25) is 0 Å². The van der Waals surface area contributed by atoms with E-state index in [1.807, 2.05) is 16.8 Å². The monoisotopic (exact) mass is 353 g/mol. The summed E-state index contributed by atoms with van der Waals surface area (Å²) in [7, 11) is 0. The van der Waals surface area contributed by atoms with Crippen molar-refractivity contribution in [3.8, 4) is 11.6 Å². The van der Waals surface area contributed by atoms with E-state index in [9.17, 15) is 0 Å². The van der Waals surface area contributed by atoms with Gasteiger partial charge in [-0.05, 0) is 59.7 Å². The quantitative estimate of drug-likeness (QED) is 0.701. The van der Waals surface area contributed by atoms with Crippen LogP contribution >= 0.6 is 0 Å². The highest BCUT2D eigenvalue weighted by Crippen LogP contribution is 2.32. The summed E-state index contributed by atoms with van der Waals surface area (Å²) in [5.41, 5.74) is 1.88. The van der Waals surface area contributed by atoms with Gasteiger partial charge in [-0.3, -0.25) is 4.68 Å². The number of likely N-dealkylation sites (tertiary alicyclic amines) is 1. The van der Waals surface area contributed by atoms with Gasteiger partial charge in [0.1, 0.15) is 0 Å². The summed E-state index contributed by atoms with van der Waals surface area (Å²) >= 11 is 0. The van der Waals surface area contributed by atoms with Crippen LogP contribution in [0.1, 0.15) is 58.3 Å². The number of hydrogen-bond acceptors (Lipinski definition) is 5. The van der Waals surface area contributed by atoms with Gasteiger partial charge in [0.25, 0.3) is 5.89 Å². The first-order chi connectivity index (χ1) is 12.5. The molecule has 0 bridgehead atoms. The smallest absolute Gasteiger partial charge is 0.279 e. The van der Waals surface area contributed by atoms with E-state index < -0.39 is 0 Å². The van der Waals surface area contributed by atoms with Crippen molar-refractivity contribution in [3.05, 3.63) is 30.1 Å². The van der Waals surface area contributed by atoms with Crippen LogP contribution in [0.3, 0.4) is 0 Å². The highest BCUT2D eigenvalue weighted by molar-refractivity contribution is 5.91. The zero-order valence-corrected chi connectivity index (χ0v) is 16.0. The van der Waals surface area contributed by atoms with Crippen molar-refractivity contribution in [2.75, 3.05) is 13.1 Å². The van der Waals surface area contributed by atoms with Crippen LogP contribution in [0.25, 0.3) is 22.5 Å². The number of aromatic nitrogens is 4. The Kier molecular flexibility index (Phi) is 4.53. The topological polar surface area (TPSA) is 60.0 Å². The predicted molar refractivity (Wildman–Crippen MR) is 102 cm³/mol. The molecule has 4 rings (SSSR count). The van der Waals surface area contributed by atoms with Crippen molar-refractivity contribution >= 4 is 10.9 Å². The van der Waals surface area contributed by atoms with Crippen LogP contribution in [0.15, 0.2) is 28.8 Å². The first-order valence-corrected chi connectivity index (χ1v) is 9.60. The number of nitrogens with zero attached hydrogens (tertiary/aromatic N) is 5. The van der Waals surface area contributed by atoms with E-state index in [4.69, 9.17) is 14.6 Å². The van der Waals surface area contributed by atoms with E-state index in [0.717, 1.165) is 48.4 Å². The third kappa shape index (κ3) is 3.03. The van der Waals surface area contributed by atoms with Crippen molar-refractivity contribution in [3.63, 3.8) is 0 Å². The molecule has 1 saturated heterocycles. The van der Waals surface area contributed by atoms with Crippen molar-refractivity contribution in [1.29, 1.82) is 0 Å². The second kappa shape index (κ2) is 6.83. The molecule has 26 heavy (non-hydrogen) atoms. The Morgan fingerprint density at radius 3 is 2.46 bits per heavy atom. The van der Waals surface area contributed by atoms with Gasteiger partial charge in [0.15, 0.2) is 11.5 Å². The minimum Gasteiger partial charge on any atom is -0.332 e. The second-order valence-electron chi connectivity index (χ2n) is 7.77. The minimum atomic E-state index is 0.274. The summed E-state index contributed by atoms with van der Waals surface area (Å²) in [4.78, 5) is 7.23. The molecule has 2 aromatic heterocycles. The van der Waals surface area contributed by atoms with E-state index in [-0.39, 0.29) is 6.04 Å². The summed E-state index contributed by atoms with van der Waals surface area (Å²) in [5.74, 6) is 1.73. The highest BCUT2D eigenvalue weighted by Gasteiger charge is 2.27. The molecule has 6 nitrogen and oxygen atoms in total. The Morgan fingerprint density at radius 1 is 1.04 bits per heavy atom. The predicted octanol–water partition coefficient (Wildman–Crippen LogP) is 4.26. The van der Waals surface area contributed by atoms with Crippen LogP contribution in [0.4, 0.5) is 0 Å². The fraction of sp³-hybridized carbons (Fsp3) is 0.550. The summed E-state index contributed by atoms with van der Waals surface area (Å²) in [6.07, 6.45) is 2.16. The number of piperidine rings is 1. The van der Waals surface area contributed by atoms with Crippen LogP contribution in [-0.4, -0.2) is 44.0 Å². The van der Waals surface area contributed by atoms with Crippen molar-refractivity contribution in [1.82, 2.24) is 24.8 Å². The van der Waals surface area contributed by atoms with E-state index in [1.165, 1.54) is 0 Å². The fourth-order valence-electron chi connectivity index (χ4n) is 3.81. The van der Waals surface area contributed by atoms with Crippen LogP contribution < -0.4 is 0 Å². The third-order valence-electron chi connectivity index (χ3n) is 5.37. The average Bonchev–Trinajstić information content (AvgIpc) is 3.26. The normalized spacial score (nSPS) is 17.0. The van der Waals surface area contributed by atoms with Gasteiger partial charge in [0, 0.05) is 23.4 Å². The van der Waals surface area contributed by atoms with E-state index >= 15 is 0 Å². The Bertz CT molecular complexity index is 887. The number of hydrogen-bond donors (Lipinski definition) is 0. The fourth-order valence-corrected chi connectivity index (χ4v) is 3.81. The number of fused-ring (bicyclic) bond motifs is 1. The minimum absolute atomic E-state index is 0.274. The molecule has 0 amide bonds. The lowest BCUT2D eigenvalue weighted by Crippen LogP contribution is -2.38. The Morgan fingerprint density at radius 2 is 1.77 bits per heavy atom. The molecule has 138 valence electrons. The lowest BCUT2D eigenvalue weighted by Gasteiger charge is -2.33. The second-order valence-corrected chi connectivity index (χ2v) is 7.77. The summed E-state index contributed by atoms with van der Waals surface area (Å²) in [6.45, 7) is 11.0. The lowest BCUT2D eigenvalue weighted by atomic mass is 9.95. The molecule has 1 aliphatic rings. The molecule has 0 unspecified atom stereocenters. The van der Waals surface area contributed by atoms with Gasteiger partial charge in [0.05, 0.1) is 5.52 Å². The number of para-hydroxylation sites is 1. The van der Waals surface area contributed by atoms with Crippen molar-refractivity contribution in [2.24, 2.45) is 0 Å². The Labute approximate surface area is 154 Å². The van der Waals surface area contributed by atoms with E-state index in [1.54, 1.807) is 0 Å². The number of rotatable bonds is 4. The Balaban J connectivity index is 1.62. The van der Waals surface area contributed by atoms with Gasteiger partial charge in [-0.15, -0.1) is 0 Å². The SMILES string of the molecule is CC(C)N1CCC(c2noc(-c3nn(C(C)C)c4ccccc34)n2)CC1. The first-order valence-electron chi connectivity index (χ1n) is 9.60. The molecule has 3 aromatic rings. The van der Waals surface area contributed by atoms with E-state index in [2.05, 4.69) is 49.9 Å². The molecule has 0 atom stereocenters. The molecule has 0 aliphatic carbocycles. The standard InChI is InChI=1S/C20H27N5O/c1-13(2)24-11-9-15(10-12-24)19-21-20(26-23-19)18-16-7-5-6-8-17(16)25(22-18)14(3)4/h5-8,13-15H,9-12H2,1-4H3. The highest BCUT2D eigenvalue weighted by atomic mass is 16.5. The largest absolute Gasteiger partial charge is 0.332 e. The van der Waals surface area contributed by atoms with Gasteiger partial charge in [-0.25, -0.2) is 0 Å². The van der Waals surface area contributed by atoms with Gasteiger partial charge in [0.2, 0.25) is 0 Å². The van der Waals surface area contributed by atoms with Gasteiger partial charge < -0.3 is 9.42 Å². The lowest BCUT2D eigenvalue weighted by molar-refractivity contribution is 0.168. The maximum atomic E-state index is 5.63. The number of benzene rings is 1. The first kappa shape index (κ1) is 17.2. The molecular formula is C20H27N5O. The molecule has 3 heterocycles. The molecule has 0 radical (unpaired) electrons. The molecular weight excluding hydrogens is 326 g/mol. The third-order valence-corrected chi connectivity index (χ3v) is 5.37. The van der Waals surface area contributed by atoms with Crippen molar-refractivity contribution in [2.45, 2.75) is 58.5 Å². The molecule has 0 N–H and O–H groups in total.